The topological polar surface area (TPSA) is 67.8 Å². The molecule has 0 heterocycles. The smallest absolute Gasteiger partial charge is 0.345 e. The Kier molecular flexibility index (Phi) is 6.42. The zero-order valence-corrected chi connectivity index (χ0v) is 14.9. The second-order valence-electron chi connectivity index (χ2n) is 6.42. The Labute approximate surface area is 148 Å². The highest BCUT2D eigenvalue weighted by Crippen LogP contribution is 2.23. The molecule has 0 atom stereocenters. The van der Waals surface area contributed by atoms with E-state index in [1.165, 1.54) is 6.21 Å². The minimum Gasteiger partial charge on any atom is -0.381 e. The van der Waals surface area contributed by atoms with Crippen LogP contribution in [0.1, 0.15) is 27.2 Å². The van der Waals surface area contributed by atoms with Crippen LogP contribution in [-0.4, -0.2) is 31.2 Å². The van der Waals surface area contributed by atoms with Gasteiger partial charge in [0.15, 0.2) is 0 Å². The van der Waals surface area contributed by atoms with E-state index in [4.69, 9.17) is 4.74 Å². The van der Waals surface area contributed by atoms with E-state index in [1.54, 1.807) is 0 Å². The predicted molar refractivity (Wildman–Crippen MR) is 101 cm³/mol. The summed E-state index contributed by atoms with van der Waals surface area (Å²) in [5.41, 5.74) is 0.108. The molecule has 25 heavy (non-hydrogen) atoms. The molecular weight excluding hydrogens is 316 g/mol. The molecule has 0 bridgehead atoms. The first-order chi connectivity index (χ1) is 11.9. The number of anilines is 1. The SMILES string of the molecule is CCOCC(C)(C)C(=O)C/C=N\C(=O)Nc1cccc2ccccc12. The molecule has 0 fully saturated rings. The summed E-state index contributed by atoms with van der Waals surface area (Å²) in [5.74, 6) is -0.0114. The molecule has 0 saturated heterocycles. The van der Waals surface area contributed by atoms with E-state index in [1.807, 2.05) is 63.2 Å². The fourth-order valence-corrected chi connectivity index (χ4v) is 2.41. The van der Waals surface area contributed by atoms with Gasteiger partial charge in [-0.2, -0.15) is 0 Å². The van der Waals surface area contributed by atoms with Crippen LogP contribution in [0, 0.1) is 5.41 Å². The van der Waals surface area contributed by atoms with Crippen molar-refractivity contribution in [3.05, 3.63) is 42.5 Å². The minimum absolute atomic E-state index is 0.0114. The van der Waals surface area contributed by atoms with Gasteiger partial charge in [-0.15, -0.1) is 0 Å². The summed E-state index contributed by atoms with van der Waals surface area (Å²) < 4.78 is 5.32. The van der Waals surface area contributed by atoms with Gasteiger partial charge in [0.2, 0.25) is 0 Å². The monoisotopic (exact) mass is 340 g/mol. The van der Waals surface area contributed by atoms with Crippen LogP contribution in [0.25, 0.3) is 10.8 Å². The summed E-state index contributed by atoms with van der Waals surface area (Å²) >= 11 is 0. The van der Waals surface area contributed by atoms with Crippen LogP contribution in [0.4, 0.5) is 10.5 Å². The Morgan fingerprint density at radius 2 is 1.88 bits per heavy atom. The van der Waals surface area contributed by atoms with Crippen LogP contribution in [0.15, 0.2) is 47.5 Å². The van der Waals surface area contributed by atoms with Gasteiger partial charge in [-0.25, -0.2) is 9.79 Å². The average Bonchev–Trinajstić information content (AvgIpc) is 2.60. The molecule has 0 saturated carbocycles. The molecule has 0 aromatic heterocycles. The summed E-state index contributed by atoms with van der Waals surface area (Å²) in [7, 11) is 0. The number of benzene rings is 2. The van der Waals surface area contributed by atoms with E-state index in [9.17, 15) is 9.59 Å². The molecule has 2 aromatic carbocycles. The summed E-state index contributed by atoms with van der Waals surface area (Å²) in [6.45, 7) is 6.47. The zero-order valence-electron chi connectivity index (χ0n) is 14.9. The fraction of sp³-hybridized carbons (Fsp3) is 0.350. The van der Waals surface area contributed by atoms with Gasteiger partial charge in [-0.1, -0.05) is 50.2 Å². The maximum Gasteiger partial charge on any atom is 0.345 e. The number of ether oxygens (including phenoxy) is 1. The van der Waals surface area contributed by atoms with Crippen LogP contribution in [0.3, 0.4) is 0 Å². The van der Waals surface area contributed by atoms with Crippen molar-refractivity contribution in [2.24, 2.45) is 10.4 Å². The number of fused-ring (bicyclic) bond motifs is 1. The van der Waals surface area contributed by atoms with Crippen molar-refractivity contribution >= 4 is 34.5 Å². The second kappa shape index (κ2) is 8.53. The molecule has 0 aliphatic carbocycles. The summed E-state index contributed by atoms with van der Waals surface area (Å²) in [4.78, 5) is 28.0. The number of carbonyl (C=O) groups excluding carboxylic acids is 2. The standard InChI is InChI=1S/C20H24N2O3/c1-4-25-14-20(2,3)18(23)12-13-21-19(24)22-17-11-7-9-15-8-5-6-10-16(15)17/h5-11,13H,4,12,14H2,1-3H3,(H,22,24)/b21-13-. The molecule has 5 nitrogen and oxygen atoms in total. The van der Waals surface area contributed by atoms with Crippen LogP contribution in [0.5, 0.6) is 0 Å². The molecule has 2 aromatic rings. The first kappa shape index (κ1) is 18.8. The van der Waals surface area contributed by atoms with E-state index in [0.29, 0.717) is 18.9 Å². The summed E-state index contributed by atoms with van der Waals surface area (Å²) in [5, 5.41) is 4.74. The van der Waals surface area contributed by atoms with Gasteiger partial charge in [0.1, 0.15) is 5.78 Å². The molecule has 2 amide bonds. The maximum absolute atomic E-state index is 12.2. The van der Waals surface area contributed by atoms with Gasteiger partial charge >= 0.3 is 6.03 Å². The Morgan fingerprint density at radius 1 is 1.16 bits per heavy atom. The number of amides is 2. The third kappa shape index (κ3) is 5.22. The van der Waals surface area contributed by atoms with Crippen molar-refractivity contribution in [1.29, 1.82) is 0 Å². The Bertz CT molecular complexity index is 776. The Morgan fingerprint density at radius 3 is 2.64 bits per heavy atom. The summed E-state index contributed by atoms with van der Waals surface area (Å²) in [6.07, 6.45) is 1.46. The van der Waals surface area contributed by atoms with Crippen molar-refractivity contribution in [2.75, 3.05) is 18.5 Å². The number of Topliss-reactive ketones (excluding diaryl/α,β-unsaturated/α-hetero) is 1. The number of ketones is 1. The molecular formula is C20H24N2O3. The molecule has 132 valence electrons. The summed E-state index contributed by atoms with van der Waals surface area (Å²) in [6, 6.07) is 13.0. The molecule has 5 heteroatoms. The van der Waals surface area contributed by atoms with E-state index in [0.717, 1.165) is 10.8 Å². The molecule has 0 aliphatic heterocycles. The first-order valence-electron chi connectivity index (χ1n) is 8.36. The van der Waals surface area contributed by atoms with Crippen molar-refractivity contribution < 1.29 is 14.3 Å². The van der Waals surface area contributed by atoms with E-state index >= 15 is 0 Å². The minimum atomic E-state index is -0.589. The van der Waals surface area contributed by atoms with E-state index < -0.39 is 11.4 Å². The Hall–Kier alpha value is -2.53. The fourth-order valence-electron chi connectivity index (χ4n) is 2.41. The van der Waals surface area contributed by atoms with Gasteiger partial charge < -0.3 is 10.1 Å². The number of aliphatic imine (C=N–C) groups is 1. The van der Waals surface area contributed by atoms with E-state index in [-0.39, 0.29) is 12.2 Å². The largest absolute Gasteiger partial charge is 0.381 e. The number of carbonyl (C=O) groups is 2. The van der Waals surface area contributed by atoms with Crippen LogP contribution in [0.2, 0.25) is 0 Å². The molecule has 2 rings (SSSR count). The van der Waals surface area contributed by atoms with Gasteiger partial charge in [-0.05, 0) is 18.4 Å². The molecule has 0 spiro atoms. The zero-order chi connectivity index (χ0) is 18.3. The number of rotatable bonds is 7. The molecule has 0 unspecified atom stereocenters. The van der Waals surface area contributed by atoms with Gasteiger partial charge in [0.25, 0.3) is 0 Å². The van der Waals surface area contributed by atoms with Crippen molar-refractivity contribution in [1.82, 2.24) is 0 Å². The molecule has 1 N–H and O–H groups in total. The number of nitrogens with one attached hydrogen (secondary N) is 1. The number of nitrogens with zero attached hydrogens (tertiary/aromatic N) is 1. The van der Waals surface area contributed by atoms with Crippen LogP contribution < -0.4 is 5.32 Å². The van der Waals surface area contributed by atoms with E-state index in [2.05, 4.69) is 10.3 Å². The second-order valence-corrected chi connectivity index (χ2v) is 6.42. The maximum atomic E-state index is 12.2. The number of urea groups is 1. The molecule has 0 aliphatic rings. The Balaban J connectivity index is 1.95. The van der Waals surface area contributed by atoms with Crippen molar-refractivity contribution in [3.8, 4) is 0 Å². The van der Waals surface area contributed by atoms with Crippen molar-refractivity contribution in [2.45, 2.75) is 27.2 Å². The lowest BCUT2D eigenvalue weighted by molar-refractivity contribution is -0.128. The van der Waals surface area contributed by atoms with Crippen LogP contribution in [-0.2, 0) is 9.53 Å². The van der Waals surface area contributed by atoms with Gasteiger partial charge in [-0.3, -0.25) is 4.79 Å². The lowest BCUT2D eigenvalue weighted by Crippen LogP contribution is -2.30. The van der Waals surface area contributed by atoms with Crippen molar-refractivity contribution in [3.63, 3.8) is 0 Å². The lowest BCUT2D eigenvalue weighted by atomic mass is 9.87. The van der Waals surface area contributed by atoms with Crippen LogP contribution >= 0.6 is 0 Å². The number of hydrogen-bond donors (Lipinski definition) is 1. The highest BCUT2D eigenvalue weighted by atomic mass is 16.5. The first-order valence-corrected chi connectivity index (χ1v) is 8.36. The molecule has 0 radical (unpaired) electrons. The highest BCUT2D eigenvalue weighted by Gasteiger charge is 2.26. The third-order valence-corrected chi connectivity index (χ3v) is 3.94. The van der Waals surface area contributed by atoms with Gasteiger partial charge in [0, 0.05) is 30.0 Å². The quantitative estimate of drug-likeness (QED) is 0.756. The lowest BCUT2D eigenvalue weighted by Gasteiger charge is -2.21. The normalized spacial score (nSPS) is 11.8. The average molecular weight is 340 g/mol. The predicted octanol–water partition coefficient (Wildman–Crippen LogP) is 4.46. The van der Waals surface area contributed by atoms with Gasteiger partial charge in [0.05, 0.1) is 12.3 Å². The number of hydrogen-bond acceptors (Lipinski definition) is 3. The third-order valence-electron chi connectivity index (χ3n) is 3.94. The highest BCUT2D eigenvalue weighted by molar-refractivity contribution is 6.05.